The monoisotopic (exact) mass is 605 g/mol. The number of fused-ring (bicyclic) bond motifs is 6. The van der Waals surface area contributed by atoms with Gasteiger partial charge in [0.2, 0.25) is 23.6 Å². The number of benzene rings is 1. The molecule has 13 heteroatoms. The van der Waals surface area contributed by atoms with Crippen molar-refractivity contribution in [3.8, 4) is 0 Å². The molecule has 2 bridgehead atoms. The van der Waals surface area contributed by atoms with Gasteiger partial charge in [-0.15, -0.1) is 0 Å². The average Bonchev–Trinajstić information content (AvgIpc) is 3.63. The number of primary amides is 1. The van der Waals surface area contributed by atoms with E-state index in [9.17, 15) is 37.1 Å². The first-order valence-corrected chi connectivity index (χ1v) is 14.7. The molecule has 2 aliphatic carbocycles. The van der Waals surface area contributed by atoms with Gasteiger partial charge in [-0.05, 0) is 72.8 Å². The van der Waals surface area contributed by atoms with Gasteiger partial charge in [-0.3, -0.25) is 24.0 Å². The molecule has 43 heavy (non-hydrogen) atoms. The van der Waals surface area contributed by atoms with Crippen LogP contribution in [0.25, 0.3) is 0 Å². The van der Waals surface area contributed by atoms with E-state index in [0.29, 0.717) is 12.1 Å². The maximum atomic E-state index is 14.0. The normalized spacial score (nSPS) is 29.3. The zero-order valence-corrected chi connectivity index (χ0v) is 24.4. The number of nitrogens with one attached hydrogen (secondary N) is 3. The first-order valence-electron chi connectivity index (χ1n) is 14.7. The largest absolute Gasteiger partial charge is 0.471 e. The molecule has 0 aromatic heterocycles. The highest BCUT2D eigenvalue weighted by atomic mass is 19.4. The fraction of sp³-hybridized carbons (Fsp3) is 0.633. The van der Waals surface area contributed by atoms with Crippen molar-refractivity contribution < 1.29 is 37.1 Å². The number of anilines is 1. The van der Waals surface area contributed by atoms with E-state index in [-0.39, 0.29) is 42.5 Å². The molecule has 1 aromatic rings. The predicted octanol–water partition coefficient (Wildman–Crippen LogP) is 2.12. The maximum Gasteiger partial charge on any atom is 0.471 e. The zero-order valence-electron chi connectivity index (χ0n) is 24.4. The van der Waals surface area contributed by atoms with Crippen LogP contribution in [0.4, 0.5) is 18.9 Å². The molecule has 5 N–H and O–H groups in total. The number of carbonyl (C=O) groups excluding carboxylic acids is 5. The van der Waals surface area contributed by atoms with E-state index in [1.54, 1.807) is 32.9 Å². The molecule has 2 saturated carbocycles. The van der Waals surface area contributed by atoms with Gasteiger partial charge in [-0.1, -0.05) is 39.0 Å². The third-order valence-corrected chi connectivity index (χ3v) is 9.76. The summed E-state index contributed by atoms with van der Waals surface area (Å²) in [4.78, 5) is 66.5. The molecule has 234 valence electrons. The van der Waals surface area contributed by atoms with Crippen molar-refractivity contribution in [1.29, 1.82) is 0 Å². The Labute approximate surface area is 247 Å². The standard InChI is InChI=1S/C30H38F3N5O5/c1-29(2,3)23(37-28(43)30(31,32)33)27(42)38-13-18-14-8-9-16(10-14)21(18)22(38)26(41)36-20(24(34)39)12-17-11-15-6-4-5-7-19(15)35-25(17)40/h4-7,14,16-18,20-23H,8-13H2,1-3H3,(H2,34,39)(H,35,40)(H,36,41)(H,37,43)/t14-,16+,17?,18-,20+,21+,22+,23-/m1/s1. The zero-order chi connectivity index (χ0) is 31.4. The number of likely N-dealkylation sites (tertiary alicyclic amines) is 1. The Morgan fingerprint density at radius 2 is 1.74 bits per heavy atom. The summed E-state index contributed by atoms with van der Waals surface area (Å²) in [6.07, 6.45) is -2.20. The third-order valence-electron chi connectivity index (χ3n) is 9.76. The predicted molar refractivity (Wildman–Crippen MR) is 149 cm³/mol. The van der Waals surface area contributed by atoms with Crippen molar-refractivity contribution in [3.05, 3.63) is 29.8 Å². The number of nitrogens with zero attached hydrogens (tertiary/aromatic N) is 1. The van der Waals surface area contributed by atoms with E-state index in [2.05, 4.69) is 10.6 Å². The molecular formula is C30H38F3N5O5. The SMILES string of the molecule is CC(C)(C)[C@H](NC(=O)C(F)(F)F)C(=O)N1C[C@@H]2[C@@H]3CC[C@@H](C3)[C@@H]2[C@H]1C(=O)N[C@@H](CC1Cc2ccccc2NC1=O)C(N)=O. The van der Waals surface area contributed by atoms with Gasteiger partial charge in [0.25, 0.3) is 0 Å². The minimum Gasteiger partial charge on any atom is -0.368 e. The van der Waals surface area contributed by atoms with Gasteiger partial charge in [0.05, 0.1) is 0 Å². The van der Waals surface area contributed by atoms with Crippen LogP contribution in [0.15, 0.2) is 24.3 Å². The van der Waals surface area contributed by atoms with Gasteiger partial charge in [0, 0.05) is 18.2 Å². The molecule has 10 nitrogen and oxygen atoms in total. The van der Waals surface area contributed by atoms with E-state index < -0.39 is 59.3 Å². The molecule has 5 rings (SSSR count). The molecule has 5 amide bonds. The van der Waals surface area contributed by atoms with Crippen molar-refractivity contribution in [2.75, 3.05) is 11.9 Å². The van der Waals surface area contributed by atoms with Gasteiger partial charge in [-0.25, -0.2) is 0 Å². The van der Waals surface area contributed by atoms with E-state index >= 15 is 0 Å². The summed E-state index contributed by atoms with van der Waals surface area (Å²) in [6, 6.07) is 3.44. The molecule has 0 spiro atoms. The number of hydrogen-bond donors (Lipinski definition) is 4. The minimum atomic E-state index is -5.19. The Bertz CT molecular complexity index is 1330. The lowest BCUT2D eigenvalue weighted by molar-refractivity contribution is -0.176. The lowest BCUT2D eigenvalue weighted by atomic mass is 9.78. The van der Waals surface area contributed by atoms with Gasteiger partial charge in [0.15, 0.2) is 0 Å². The highest BCUT2D eigenvalue weighted by Crippen LogP contribution is 2.57. The smallest absolute Gasteiger partial charge is 0.368 e. The lowest BCUT2D eigenvalue weighted by Gasteiger charge is -2.37. The number of rotatable bonds is 7. The average molecular weight is 606 g/mol. The van der Waals surface area contributed by atoms with Crippen LogP contribution in [-0.2, 0) is 30.4 Å². The first-order chi connectivity index (χ1) is 20.1. The van der Waals surface area contributed by atoms with Crippen molar-refractivity contribution in [2.45, 2.75) is 77.2 Å². The number of para-hydroxylation sites is 1. The molecule has 3 fully saturated rings. The van der Waals surface area contributed by atoms with E-state index in [4.69, 9.17) is 5.73 Å². The molecule has 4 aliphatic rings. The van der Waals surface area contributed by atoms with Crippen LogP contribution in [-0.4, -0.2) is 65.3 Å². The van der Waals surface area contributed by atoms with Crippen molar-refractivity contribution in [2.24, 2.45) is 40.7 Å². The summed E-state index contributed by atoms with van der Waals surface area (Å²) in [6.45, 7) is 4.79. The summed E-state index contributed by atoms with van der Waals surface area (Å²) >= 11 is 0. The number of nitrogens with two attached hydrogens (primary N) is 1. The molecule has 2 heterocycles. The van der Waals surface area contributed by atoms with Crippen molar-refractivity contribution in [1.82, 2.24) is 15.5 Å². The van der Waals surface area contributed by atoms with Crippen LogP contribution in [0.1, 0.15) is 52.0 Å². The molecule has 8 atom stereocenters. The van der Waals surface area contributed by atoms with E-state index in [0.717, 1.165) is 24.8 Å². The second-order valence-corrected chi connectivity index (χ2v) is 13.5. The number of alkyl halides is 3. The highest BCUT2D eigenvalue weighted by Gasteiger charge is 2.60. The molecule has 1 aromatic carbocycles. The Hall–Kier alpha value is -3.64. The minimum absolute atomic E-state index is 0.0231. The molecule has 2 aliphatic heterocycles. The Morgan fingerprint density at radius 1 is 1.07 bits per heavy atom. The molecule has 0 radical (unpaired) electrons. The van der Waals surface area contributed by atoms with Crippen LogP contribution < -0.4 is 21.7 Å². The summed E-state index contributed by atoms with van der Waals surface area (Å²) in [5.74, 6) is -5.28. The quantitative estimate of drug-likeness (QED) is 0.376. The second kappa shape index (κ2) is 11.1. The van der Waals surface area contributed by atoms with Crippen molar-refractivity contribution in [3.63, 3.8) is 0 Å². The highest BCUT2D eigenvalue weighted by molar-refractivity contribution is 5.98. The van der Waals surface area contributed by atoms with Crippen molar-refractivity contribution >= 4 is 35.2 Å². The molecular weight excluding hydrogens is 567 g/mol. The van der Waals surface area contributed by atoms with Gasteiger partial charge < -0.3 is 26.6 Å². The summed E-state index contributed by atoms with van der Waals surface area (Å²) < 4.78 is 39.6. The van der Waals surface area contributed by atoms with Crippen LogP contribution in [0.2, 0.25) is 0 Å². The Kier molecular flexibility index (Phi) is 7.97. The number of hydrogen-bond acceptors (Lipinski definition) is 5. The number of carbonyl (C=O) groups is 5. The number of halogens is 3. The fourth-order valence-corrected chi connectivity index (χ4v) is 7.73. The van der Waals surface area contributed by atoms with Gasteiger partial charge in [-0.2, -0.15) is 13.2 Å². The number of amides is 5. The molecule has 1 saturated heterocycles. The van der Waals surface area contributed by atoms with Crippen LogP contribution in [0.5, 0.6) is 0 Å². The van der Waals surface area contributed by atoms with E-state index in [1.807, 2.05) is 17.4 Å². The van der Waals surface area contributed by atoms with E-state index in [1.165, 1.54) is 4.90 Å². The van der Waals surface area contributed by atoms with Crippen LogP contribution in [0, 0.1) is 35.0 Å². The maximum absolute atomic E-state index is 14.0. The summed E-state index contributed by atoms with van der Waals surface area (Å²) in [5, 5.41) is 7.37. The first kappa shape index (κ1) is 30.8. The molecule has 1 unspecified atom stereocenters. The summed E-state index contributed by atoms with van der Waals surface area (Å²) in [7, 11) is 0. The topological polar surface area (TPSA) is 151 Å². The van der Waals surface area contributed by atoms with Crippen LogP contribution >= 0.6 is 0 Å². The lowest BCUT2D eigenvalue weighted by Crippen LogP contribution is -2.61. The van der Waals surface area contributed by atoms with Crippen LogP contribution in [0.3, 0.4) is 0 Å². The Morgan fingerprint density at radius 3 is 2.40 bits per heavy atom. The van der Waals surface area contributed by atoms with Gasteiger partial charge in [0.1, 0.15) is 18.1 Å². The third kappa shape index (κ3) is 5.95. The second-order valence-electron chi connectivity index (χ2n) is 13.5. The van der Waals surface area contributed by atoms with Gasteiger partial charge >= 0.3 is 12.1 Å². The Balaban J connectivity index is 1.39. The fourth-order valence-electron chi connectivity index (χ4n) is 7.73. The summed E-state index contributed by atoms with van der Waals surface area (Å²) in [5.41, 5.74) is 6.14.